The van der Waals surface area contributed by atoms with Gasteiger partial charge < -0.3 is 19.0 Å². The second kappa shape index (κ2) is 14.5. The van der Waals surface area contributed by atoms with Crippen molar-refractivity contribution in [3.8, 4) is 33.8 Å². The number of anilines is 6. The molecule has 2 heterocycles. The molecule has 0 saturated heterocycles. The van der Waals surface area contributed by atoms with Gasteiger partial charge in [-0.2, -0.15) is 0 Å². The summed E-state index contributed by atoms with van der Waals surface area (Å²) in [5.41, 5.74) is 12.4. The highest BCUT2D eigenvalue weighted by atomic mass is 16.5. The SMILES string of the molecule is c1ccc(-c2ccccc2N(c2ccc3c(c2)Oc2cccc4c2c-3cc2ccc(N(c3ccccc3)c3ccc5ccccc5c3)cc24)c2cccc3c2oc2ccccc23)cc1. The Morgan fingerprint density at radius 3 is 1.86 bits per heavy atom. The summed E-state index contributed by atoms with van der Waals surface area (Å²) in [6, 6.07) is 82.0. The number of hydrogen-bond acceptors (Lipinski definition) is 4. The Kier molecular flexibility index (Phi) is 8.18. The van der Waals surface area contributed by atoms with Crippen molar-refractivity contribution in [2.45, 2.75) is 0 Å². The first-order chi connectivity index (χ1) is 31.7. The van der Waals surface area contributed by atoms with Crippen LogP contribution in [-0.4, -0.2) is 0 Å². The molecule has 0 amide bonds. The van der Waals surface area contributed by atoms with Gasteiger partial charge in [-0.1, -0.05) is 146 Å². The monoisotopic (exact) mass is 818 g/mol. The molecule has 0 bridgehead atoms. The summed E-state index contributed by atoms with van der Waals surface area (Å²) in [7, 11) is 0. The molecule has 0 unspecified atom stereocenters. The standard InChI is InChI=1S/C60H38N2O2/c1-3-16-40(17-4-1)47-21-9-11-25-54(47)62(55-26-13-24-51-48-22-10-12-27-56(48)64-60(51)55)46-33-34-49-53-36-42-30-32-45(37-52(42)50-23-14-28-57(59(50)53)63-58(49)38-46)61(43-19-5-2-6-20-43)44-31-29-39-15-7-8-18-41(39)35-44/h1-38H. The highest BCUT2D eigenvalue weighted by molar-refractivity contribution is 6.18. The zero-order chi connectivity index (χ0) is 42.1. The molecule has 4 nitrogen and oxygen atoms in total. The van der Waals surface area contributed by atoms with Crippen molar-refractivity contribution in [1.82, 2.24) is 0 Å². The van der Waals surface area contributed by atoms with Crippen molar-refractivity contribution in [1.29, 1.82) is 0 Å². The predicted octanol–water partition coefficient (Wildman–Crippen LogP) is 17.4. The van der Waals surface area contributed by atoms with Crippen LogP contribution in [0, 0.1) is 0 Å². The van der Waals surface area contributed by atoms with Crippen LogP contribution < -0.4 is 14.5 Å². The van der Waals surface area contributed by atoms with Gasteiger partial charge in [0.25, 0.3) is 0 Å². The van der Waals surface area contributed by atoms with E-state index >= 15 is 0 Å². The fourth-order valence-electron chi connectivity index (χ4n) is 9.86. The number of rotatable bonds is 7. The highest BCUT2D eigenvalue weighted by Gasteiger charge is 2.27. The van der Waals surface area contributed by atoms with Crippen LogP contribution in [0.4, 0.5) is 34.1 Å². The Balaban J connectivity index is 0.976. The van der Waals surface area contributed by atoms with E-state index in [1.807, 2.05) is 12.1 Å². The van der Waals surface area contributed by atoms with Crippen LogP contribution in [0.15, 0.2) is 235 Å². The Labute approximate surface area is 370 Å². The number of hydrogen-bond donors (Lipinski definition) is 0. The van der Waals surface area contributed by atoms with E-state index in [9.17, 15) is 0 Å². The lowest BCUT2D eigenvalue weighted by atomic mass is 9.90. The van der Waals surface area contributed by atoms with Crippen molar-refractivity contribution in [3.63, 3.8) is 0 Å². The van der Waals surface area contributed by atoms with Gasteiger partial charge in [-0.25, -0.2) is 0 Å². The molecule has 0 spiro atoms. The summed E-state index contributed by atoms with van der Waals surface area (Å²) in [6.45, 7) is 0. The third-order valence-electron chi connectivity index (χ3n) is 12.8. The van der Waals surface area contributed by atoms with Crippen molar-refractivity contribution >= 4 is 88.4 Å². The van der Waals surface area contributed by atoms with Crippen LogP contribution in [0.25, 0.3) is 76.5 Å². The van der Waals surface area contributed by atoms with E-state index in [1.165, 1.54) is 21.5 Å². The van der Waals surface area contributed by atoms with Gasteiger partial charge in [0, 0.05) is 50.4 Å². The molecule has 11 aromatic carbocycles. The van der Waals surface area contributed by atoms with Crippen LogP contribution in [0.3, 0.4) is 0 Å². The maximum Gasteiger partial charge on any atom is 0.159 e. The highest BCUT2D eigenvalue weighted by Crippen LogP contribution is 2.52. The van der Waals surface area contributed by atoms with Crippen molar-refractivity contribution < 1.29 is 9.15 Å². The second-order valence-corrected chi connectivity index (χ2v) is 16.5. The number of para-hydroxylation sites is 4. The third kappa shape index (κ3) is 5.77. The molecule has 1 aromatic heterocycles. The number of ether oxygens (including phenoxy) is 1. The summed E-state index contributed by atoms with van der Waals surface area (Å²) in [4.78, 5) is 4.67. The van der Waals surface area contributed by atoms with Gasteiger partial charge in [0.15, 0.2) is 5.58 Å². The van der Waals surface area contributed by atoms with E-state index in [0.717, 1.165) is 101 Å². The minimum Gasteiger partial charge on any atom is -0.456 e. The fraction of sp³-hybridized carbons (Fsp3) is 0. The molecule has 13 rings (SSSR count). The predicted molar refractivity (Wildman–Crippen MR) is 267 cm³/mol. The second-order valence-electron chi connectivity index (χ2n) is 16.5. The van der Waals surface area contributed by atoms with Crippen LogP contribution in [0.5, 0.6) is 11.5 Å². The van der Waals surface area contributed by atoms with Crippen LogP contribution in [-0.2, 0) is 0 Å². The van der Waals surface area contributed by atoms with Gasteiger partial charge in [-0.15, -0.1) is 0 Å². The molecule has 0 N–H and O–H groups in total. The molecule has 0 saturated carbocycles. The van der Waals surface area contributed by atoms with Crippen molar-refractivity contribution in [3.05, 3.63) is 231 Å². The lowest BCUT2D eigenvalue weighted by Crippen LogP contribution is -2.12. The van der Waals surface area contributed by atoms with E-state index in [-0.39, 0.29) is 0 Å². The Morgan fingerprint density at radius 2 is 0.969 bits per heavy atom. The molecule has 1 aliphatic heterocycles. The minimum absolute atomic E-state index is 0.805. The summed E-state index contributed by atoms with van der Waals surface area (Å²) < 4.78 is 13.7. The molecule has 64 heavy (non-hydrogen) atoms. The molecule has 0 atom stereocenters. The van der Waals surface area contributed by atoms with Gasteiger partial charge >= 0.3 is 0 Å². The molecule has 12 aromatic rings. The fourth-order valence-corrected chi connectivity index (χ4v) is 9.86. The Hall–Kier alpha value is -8.60. The van der Waals surface area contributed by atoms with E-state index in [1.54, 1.807) is 0 Å². The van der Waals surface area contributed by atoms with Gasteiger partial charge in [0.2, 0.25) is 0 Å². The molecular weight excluding hydrogens is 781 g/mol. The lowest BCUT2D eigenvalue weighted by Gasteiger charge is -2.30. The largest absolute Gasteiger partial charge is 0.456 e. The maximum atomic E-state index is 7.01. The summed E-state index contributed by atoms with van der Waals surface area (Å²) in [6.07, 6.45) is 0. The first-order valence-electron chi connectivity index (χ1n) is 21.7. The number of furan rings is 1. The number of fused-ring (bicyclic) bond motifs is 8. The summed E-state index contributed by atoms with van der Waals surface area (Å²) >= 11 is 0. The van der Waals surface area contributed by atoms with Crippen LogP contribution >= 0.6 is 0 Å². The average molecular weight is 819 g/mol. The molecule has 0 radical (unpaired) electrons. The van der Waals surface area contributed by atoms with Crippen LogP contribution in [0.1, 0.15) is 0 Å². The lowest BCUT2D eigenvalue weighted by molar-refractivity contribution is 0.487. The molecule has 0 fully saturated rings. The zero-order valence-electron chi connectivity index (χ0n) is 34.7. The minimum atomic E-state index is 0.805. The first kappa shape index (κ1) is 36.1. The molecular formula is C60H38N2O2. The maximum absolute atomic E-state index is 7.01. The van der Waals surface area contributed by atoms with E-state index < -0.39 is 0 Å². The average Bonchev–Trinajstić information content (AvgIpc) is 3.75. The van der Waals surface area contributed by atoms with Crippen molar-refractivity contribution in [2.75, 3.05) is 9.80 Å². The number of benzene rings is 11. The third-order valence-corrected chi connectivity index (χ3v) is 12.8. The molecule has 1 aliphatic rings. The van der Waals surface area contributed by atoms with E-state index in [4.69, 9.17) is 9.15 Å². The first-order valence-corrected chi connectivity index (χ1v) is 21.7. The van der Waals surface area contributed by atoms with Gasteiger partial charge in [0.1, 0.15) is 17.1 Å². The Morgan fingerprint density at radius 1 is 0.312 bits per heavy atom. The number of nitrogens with zero attached hydrogens (tertiary/aromatic N) is 2. The molecule has 0 aliphatic carbocycles. The van der Waals surface area contributed by atoms with Crippen LogP contribution in [0.2, 0.25) is 0 Å². The summed E-state index contributed by atoms with van der Waals surface area (Å²) in [5.74, 6) is 1.65. The van der Waals surface area contributed by atoms with Gasteiger partial charge in [-0.05, 0) is 117 Å². The summed E-state index contributed by atoms with van der Waals surface area (Å²) in [5, 5.41) is 9.20. The van der Waals surface area contributed by atoms with Gasteiger partial charge in [-0.3, -0.25) is 0 Å². The topological polar surface area (TPSA) is 28.9 Å². The zero-order valence-corrected chi connectivity index (χ0v) is 34.7. The van der Waals surface area contributed by atoms with E-state index in [2.05, 4.69) is 228 Å². The quantitative estimate of drug-likeness (QED) is 0.150. The van der Waals surface area contributed by atoms with Crippen molar-refractivity contribution in [2.24, 2.45) is 0 Å². The molecule has 300 valence electrons. The van der Waals surface area contributed by atoms with E-state index in [0.29, 0.717) is 0 Å². The smallest absolute Gasteiger partial charge is 0.159 e. The van der Waals surface area contributed by atoms with Gasteiger partial charge in [0.05, 0.1) is 17.1 Å². The molecule has 4 heteroatoms. The normalized spacial score (nSPS) is 11.9. The Bertz CT molecular complexity index is 3780.